The number of hydrogen-bond donors (Lipinski definition) is 2. The van der Waals surface area contributed by atoms with Crippen molar-refractivity contribution in [2.45, 2.75) is 45.4 Å². The lowest BCUT2D eigenvalue weighted by Crippen LogP contribution is -2.48. The number of fused-ring (bicyclic) bond motifs is 2. The normalized spacial score (nSPS) is 15.2. The Kier molecular flexibility index (Phi) is 6.19. The number of H-pyrrole nitrogens is 1. The smallest absolute Gasteiger partial charge is 0.407 e. The highest BCUT2D eigenvalue weighted by atomic mass is 16.6. The van der Waals surface area contributed by atoms with Crippen LogP contribution in [-0.2, 0) is 22.5 Å². The highest BCUT2D eigenvalue weighted by Gasteiger charge is 2.27. The molecule has 0 spiro atoms. The summed E-state index contributed by atoms with van der Waals surface area (Å²) in [4.78, 5) is 30.7. The first kappa shape index (κ1) is 21.9. The molecule has 4 rings (SSSR count). The molecular formula is C25H29N3O4. The molecule has 0 bridgehead atoms. The predicted molar refractivity (Wildman–Crippen MR) is 122 cm³/mol. The van der Waals surface area contributed by atoms with Gasteiger partial charge in [0, 0.05) is 29.2 Å². The van der Waals surface area contributed by atoms with E-state index < -0.39 is 11.7 Å². The molecule has 1 aliphatic rings. The summed E-state index contributed by atoms with van der Waals surface area (Å²) in [5.41, 5.74) is 2.98. The number of para-hydroxylation sites is 1. The van der Waals surface area contributed by atoms with E-state index in [4.69, 9.17) is 9.47 Å². The third-order valence-corrected chi connectivity index (χ3v) is 5.34. The fourth-order valence-electron chi connectivity index (χ4n) is 3.95. The molecule has 0 aliphatic carbocycles. The van der Waals surface area contributed by atoms with Gasteiger partial charge in [-0.2, -0.15) is 0 Å². The van der Waals surface area contributed by atoms with Gasteiger partial charge in [0.15, 0.2) is 0 Å². The van der Waals surface area contributed by atoms with E-state index in [0.29, 0.717) is 25.1 Å². The van der Waals surface area contributed by atoms with Crippen molar-refractivity contribution in [2.75, 3.05) is 13.3 Å². The Labute approximate surface area is 187 Å². The van der Waals surface area contributed by atoms with Crippen molar-refractivity contribution < 1.29 is 19.1 Å². The van der Waals surface area contributed by atoms with E-state index in [-0.39, 0.29) is 18.7 Å². The maximum absolute atomic E-state index is 13.2. The number of ether oxygens (including phenoxy) is 2. The van der Waals surface area contributed by atoms with Gasteiger partial charge in [-0.05, 0) is 50.5 Å². The van der Waals surface area contributed by atoms with E-state index in [0.717, 1.165) is 22.0 Å². The first-order valence-electron chi connectivity index (χ1n) is 10.8. The number of hydrogen-bond acceptors (Lipinski definition) is 4. The lowest BCUT2D eigenvalue weighted by Gasteiger charge is -2.28. The molecular weight excluding hydrogens is 406 g/mol. The van der Waals surface area contributed by atoms with Crippen LogP contribution in [0, 0.1) is 0 Å². The molecule has 0 fully saturated rings. The fraction of sp³-hybridized carbons (Fsp3) is 0.360. The van der Waals surface area contributed by atoms with Crippen LogP contribution < -0.4 is 5.32 Å². The molecule has 2 heterocycles. The van der Waals surface area contributed by atoms with Crippen LogP contribution in [0.25, 0.3) is 10.9 Å². The molecule has 0 radical (unpaired) electrons. The fourth-order valence-corrected chi connectivity index (χ4v) is 3.95. The van der Waals surface area contributed by atoms with Crippen molar-refractivity contribution >= 4 is 22.9 Å². The molecule has 1 aromatic heterocycles. The average Bonchev–Trinajstić information content (AvgIpc) is 3.07. The van der Waals surface area contributed by atoms with E-state index >= 15 is 0 Å². The van der Waals surface area contributed by atoms with E-state index in [1.165, 1.54) is 0 Å². The Bertz CT molecular complexity index is 1120. The summed E-state index contributed by atoms with van der Waals surface area (Å²) in [7, 11) is 0. The van der Waals surface area contributed by atoms with Crippen molar-refractivity contribution in [3.05, 3.63) is 71.4 Å². The van der Waals surface area contributed by atoms with E-state index in [2.05, 4.69) is 10.3 Å². The van der Waals surface area contributed by atoms with Gasteiger partial charge in [0.1, 0.15) is 12.3 Å². The monoisotopic (exact) mass is 435 g/mol. The van der Waals surface area contributed by atoms with Crippen LogP contribution in [0.1, 0.15) is 42.3 Å². The quantitative estimate of drug-likeness (QED) is 0.628. The van der Waals surface area contributed by atoms with Crippen molar-refractivity contribution in [2.24, 2.45) is 0 Å². The topological polar surface area (TPSA) is 83.7 Å². The van der Waals surface area contributed by atoms with E-state index in [1.54, 1.807) is 4.90 Å². The minimum atomic E-state index is -0.615. The third-order valence-electron chi connectivity index (χ3n) is 5.34. The van der Waals surface area contributed by atoms with Gasteiger partial charge in [-0.1, -0.05) is 36.4 Å². The molecule has 0 unspecified atom stereocenters. The maximum atomic E-state index is 13.2. The van der Waals surface area contributed by atoms with E-state index in [9.17, 15) is 9.59 Å². The van der Waals surface area contributed by atoms with Gasteiger partial charge < -0.3 is 24.7 Å². The number of benzene rings is 2. The molecule has 0 saturated carbocycles. The molecule has 1 aliphatic heterocycles. The number of amides is 2. The van der Waals surface area contributed by atoms with Gasteiger partial charge in [0.05, 0.1) is 12.6 Å². The van der Waals surface area contributed by atoms with Crippen LogP contribution >= 0.6 is 0 Å². The zero-order valence-corrected chi connectivity index (χ0v) is 18.7. The first-order chi connectivity index (χ1) is 15.3. The third kappa shape index (κ3) is 5.11. The Morgan fingerprint density at radius 1 is 1.19 bits per heavy atom. The van der Waals surface area contributed by atoms with Crippen molar-refractivity contribution in [3.63, 3.8) is 0 Å². The second-order valence-corrected chi connectivity index (χ2v) is 9.07. The van der Waals surface area contributed by atoms with Gasteiger partial charge in [-0.3, -0.25) is 4.79 Å². The van der Waals surface area contributed by atoms with Gasteiger partial charge >= 0.3 is 6.09 Å². The number of carbonyl (C=O) groups is 2. The number of alkyl carbamates (subject to hydrolysis) is 1. The number of rotatable bonds is 5. The number of carbonyl (C=O) groups excluding carboxylic acids is 2. The van der Waals surface area contributed by atoms with Gasteiger partial charge in [-0.25, -0.2) is 4.79 Å². The molecule has 7 heteroatoms. The number of nitrogens with one attached hydrogen (secondary N) is 2. The highest BCUT2D eigenvalue weighted by molar-refractivity contribution is 5.96. The largest absolute Gasteiger partial charge is 0.444 e. The van der Waals surface area contributed by atoms with Gasteiger partial charge in [0.25, 0.3) is 5.91 Å². The summed E-state index contributed by atoms with van der Waals surface area (Å²) < 4.78 is 11.2. The zero-order chi connectivity index (χ0) is 22.7. The van der Waals surface area contributed by atoms with Crippen LogP contribution in [0.2, 0.25) is 0 Å². The molecule has 3 aromatic rings. The molecule has 0 saturated heterocycles. The molecule has 2 N–H and O–H groups in total. The average molecular weight is 436 g/mol. The molecule has 32 heavy (non-hydrogen) atoms. The van der Waals surface area contributed by atoms with Crippen LogP contribution in [0.3, 0.4) is 0 Å². The van der Waals surface area contributed by atoms with Crippen LogP contribution in [0.5, 0.6) is 0 Å². The lowest BCUT2D eigenvalue weighted by molar-refractivity contribution is 0.0182. The number of nitrogens with zero attached hydrogens (tertiary/aromatic N) is 1. The van der Waals surface area contributed by atoms with Crippen LogP contribution in [0.4, 0.5) is 4.79 Å². The number of aromatic nitrogens is 1. The molecule has 1 atom stereocenters. The first-order valence-corrected chi connectivity index (χ1v) is 10.8. The maximum Gasteiger partial charge on any atom is 0.407 e. The SMILES string of the molecule is CC(C)(C)OC(=O)N[C@H](Cc1c[nH]c2ccccc12)CN1COCc2ccccc2C1=O. The molecule has 7 nitrogen and oxygen atoms in total. The zero-order valence-electron chi connectivity index (χ0n) is 18.7. The Morgan fingerprint density at radius 2 is 1.94 bits per heavy atom. The lowest BCUT2D eigenvalue weighted by atomic mass is 10.0. The summed E-state index contributed by atoms with van der Waals surface area (Å²) in [6.07, 6.45) is 1.98. The Hall–Kier alpha value is -3.32. The molecule has 2 amide bonds. The summed E-state index contributed by atoms with van der Waals surface area (Å²) in [5, 5.41) is 4.05. The minimum Gasteiger partial charge on any atom is -0.444 e. The van der Waals surface area contributed by atoms with Crippen LogP contribution in [0.15, 0.2) is 54.7 Å². The standard InChI is InChI=1S/C25H29N3O4/c1-25(2,3)32-24(30)27-19(12-18-13-26-22-11-7-6-9-20(18)22)14-28-16-31-15-17-8-4-5-10-21(17)23(28)29/h4-11,13,19,26H,12,14-16H2,1-3H3,(H,27,30)/t19-/m1/s1. The van der Waals surface area contributed by atoms with Gasteiger partial charge in [-0.15, -0.1) is 0 Å². The van der Waals surface area contributed by atoms with E-state index in [1.807, 2.05) is 75.5 Å². The Morgan fingerprint density at radius 3 is 2.75 bits per heavy atom. The van der Waals surface area contributed by atoms with Crippen molar-refractivity contribution in [3.8, 4) is 0 Å². The highest BCUT2D eigenvalue weighted by Crippen LogP contribution is 2.21. The van der Waals surface area contributed by atoms with Gasteiger partial charge in [0.2, 0.25) is 0 Å². The number of aromatic amines is 1. The second-order valence-electron chi connectivity index (χ2n) is 9.07. The van der Waals surface area contributed by atoms with Crippen molar-refractivity contribution in [1.29, 1.82) is 0 Å². The molecule has 168 valence electrons. The molecule has 2 aromatic carbocycles. The second kappa shape index (κ2) is 9.04. The minimum absolute atomic E-state index is 0.104. The summed E-state index contributed by atoms with van der Waals surface area (Å²) in [6, 6.07) is 15.1. The van der Waals surface area contributed by atoms with Crippen LogP contribution in [-0.4, -0.2) is 46.8 Å². The Balaban J connectivity index is 1.57. The summed E-state index contributed by atoms with van der Waals surface area (Å²) in [6.45, 7) is 6.31. The van der Waals surface area contributed by atoms with Crippen molar-refractivity contribution in [1.82, 2.24) is 15.2 Å². The summed E-state index contributed by atoms with van der Waals surface area (Å²) >= 11 is 0. The summed E-state index contributed by atoms with van der Waals surface area (Å²) in [5.74, 6) is -0.104. The predicted octanol–water partition coefficient (Wildman–Crippen LogP) is 4.23.